The molecule has 3 rings (SSSR count). The Morgan fingerprint density at radius 2 is 1.81 bits per heavy atom. The Balaban J connectivity index is 1.70. The SMILES string of the molecule is CC(C)Oc1ccc(C(N)C2Cc3ccccc3S2)cc1. The van der Waals surface area contributed by atoms with Crippen LogP contribution >= 0.6 is 11.8 Å². The van der Waals surface area contributed by atoms with Gasteiger partial charge in [-0.05, 0) is 49.6 Å². The maximum absolute atomic E-state index is 6.47. The second kappa shape index (κ2) is 6.12. The fraction of sp³-hybridized carbons (Fsp3) is 0.333. The van der Waals surface area contributed by atoms with Gasteiger partial charge in [-0.1, -0.05) is 30.3 Å². The third-order valence-electron chi connectivity index (χ3n) is 3.71. The van der Waals surface area contributed by atoms with Gasteiger partial charge in [0, 0.05) is 16.2 Å². The Bertz CT molecular complexity index is 584. The lowest BCUT2D eigenvalue weighted by Crippen LogP contribution is -2.23. The minimum Gasteiger partial charge on any atom is -0.491 e. The van der Waals surface area contributed by atoms with Crippen LogP contribution in [0.25, 0.3) is 0 Å². The fourth-order valence-corrected chi connectivity index (χ4v) is 4.02. The van der Waals surface area contributed by atoms with Crippen molar-refractivity contribution in [2.45, 2.75) is 42.6 Å². The normalized spacial score (nSPS) is 18.6. The summed E-state index contributed by atoms with van der Waals surface area (Å²) in [6, 6.07) is 16.8. The molecular weight excluding hydrogens is 278 g/mol. The highest BCUT2D eigenvalue weighted by Crippen LogP contribution is 2.41. The van der Waals surface area contributed by atoms with Crippen molar-refractivity contribution in [1.82, 2.24) is 0 Å². The molecular formula is C18H21NOS. The average Bonchev–Trinajstić information content (AvgIpc) is 2.90. The molecule has 0 aromatic heterocycles. The zero-order chi connectivity index (χ0) is 14.8. The van der Waals surface area contributed by atoms with Crippen LogP contribution in [0.15, 0.2) is 53.4 Å². The molecule has 110 valence electrons. The predicted octanol–water partition coefficient (Wildman–Crippen LogP) is 4.19. The summed E-state index contributed by atoms with van der Waals surface area (Å²) in [5.74, 6) is 0.906. The molecule has 21 heavy (non-hydrogen) atoms. The van der Waals surface area contributed by atoms with Crippen LogP contribution in [0.5, 0.6) is 5.75 Å². The van der Waals surface area contributed by atoms with Crippen molar-refractivity contribution >= 4 is 11.8 Å². The molecule has 0 fully saturated rings. The van der Waals surface area contributed by atoms with Gasteiger partial charge < -0.3 is 10.5 Å². The van der Waals surface area contributed by atoms with Gasteiger partial charge in [-0.2, -0.15) is 0 Å². The van der Waals surface area contributed by atoms with Gasteiger partial charge in [-0.3, -0.25) is 0 Å². The van der Waals surface area contributed by atoms with E-state index in [1.54, 1.807) is 0 Å². The van der Waals surface area contributed by atoms with Gasteiger partial charge >= 0.3 is 0 Å². The summed E-state index contributed by atoms with van der Waals surface area (Å²) in [5, 5.41) is 0.416. The van der Waals surface area contributed by atoms with Gasteiger partial charge in [0.1, 0.15) is 5.75 Å². The summed E-state index contributed by atoms with van der Waals surface area (Å²) in [6.07, 6.45) is 1.25. The zero-order valence-corrected chi connectivity index (χ0v) is 13.3. The van der Waals surface area contributed by atoms with E-state index in [-0.39, 0.29) is 12.1 Å². The van der Waals surface area contributed by atoms with E-state index in [0.717, 1.165) is 12.2 Å². The molecule has 0 amide bonds. The number of thioether (sulfide) groups is 1. The smallest absolute Gasteiger partial charge is 0.119 e. The largest absolute Gasteiger partial charge is 0.491 e. The third kappa shape index (κ3) is 3.25. The first-order valence-electron chi connectivity index (χ1n) is 7.40. The van der Waals surface area contributed by atoms with Gasteiger partial charge in [0.15, 0.2) is 0 Å². The van der Waals surface area contributed by atoms with Crippen LogP contribution in [0, 0.1) is 0 Å². The maximum Gasteiger partial charge on any atom is 0.119 e. The standard InChI is InChI=1S/C18H21NOS/c1-12(2)20-15-9-7-13(8-10-15)18(19)17-11-14-5-3-4-6-16(14)21-17/h3-10,12,17-18H,11,19H2,1-2H3. The number of nitrogens with two attached hydrogens (primary N) is 1. The van der Waals surface area contributed by atoms with Crippen LogP contribution in [0.1, 0.15) is 31.0 Å². The van der Waals surface area contributed by atoms with Crippen LogP contribution in [-0.2, 0) is 6.42 Å². The Labute approximate surface area is 130 Å². The summed E-state index contributed by atoms with van der Waals surface area (Å²) in [6.45, 7) is 4.07. The molecule has 0 saturated carbocycles. The highest BCUT2D eigenvalue weighted by atomic mass is 32.2. The molecule has 0 aliphatic carbocycles. The van der Waals surface area contributed by atoms with Crippen LogP contribution in [0.2, 0.25) is 0 Å². The quantitative estimate of drug-likeness (QED) is 0.919. The van der Waals surface area contributed by atoms with Crippen LogP contribution in [0.4, 0.5) is 0 Å². The zero-order valence-electron chi connectivity index (χ0n) is 12.5. The summed E-state index contributed by atoms with van der Waals surface area (Å²) in [7, 11) is 0. The minimum absolute atomic E-state index is 0.0514. The van der Waals surface area contributed by atoms with E-state index >= 15 is 0 Å². The number of hydrogen-bond donors (Lipinski definition) is 1. The lowest BCUT2D eigenvalue weighted by atomic mass is 9.99. The van der Waals surface area contributed by atoms with Crippen LogP contribution in [0.3, 0.4) is 0 Å². The Kier molecular flexibility index (Phi) is 4.22. The molecule has 1 aliphatic heterocycles. The molecule has 0 bridgehead atoms. The van der Waals surface area contributed by atoms with E-state index in [2.05, 4.69) is 36.4 Å². The molecule has 3 heteroatoms. The highest BCUT2D eigenvalue weighted by molar-refractivity contribution is 8.00. The molecule has 2 N–H and O–H groups in total. The number of ether oxygens (including phenoxy) is 1. The summed E-state index contributed by atoms with van der Waals surface area (Å²) >= 11 is 1.90. The molecule has 0 radical (unpaired) electrons. The summed E-state index contributed by atoms with van der Waals surface area (Å²) < 4.78 is 5.68. The first-order chi connectivity index (χ1) is 10.1. The average molecular weight is 299 g/mol. The van der Waals surface area contributed by atoms with Gasteiger partial charge in [0.25, 0.3) is 0 Å². The summed E-state index contributed by atoms with van der Waals surface area (Å²) in [4.78, 5) is 1.37. The monoisotopic (exact) mass is 299 g/mol. The van der Waals surface area contributed by atoms with Gasteiger partial charge in [0.2, 0.25) is 0 Å². The predicted molar refractivity (Wildman–Crippen MR) is 88.9 cm³/mol. The highest BCUT2D eigenvalue weighted by Gasteiger charge is 2.27. The van der Waals surface area contributed by atoms with Crippen molar-refractivity contribution in [3.8, 4) is 5.75 Å². The van der Waals surface area contributed by atoms with Crippen molar-refractivity contribution in [1.29, 1.82) is 0 Å². The number of hydrogen-bond acceptors (Lipinski definition) is 3. The van der Waals surface area contributed by atoms with Gasteiger partial charge in [-0.25, -0.2) is 0 Å². The molecule has 2 unspecified atom stereocenters. The second-order valence-electron chi connectivity index (χ2n) is 5.73. The van der Waals surface area contributed by atoms with E-state index in [9.17, 15) is 0 Å². The Hall–Kier alpha value is -1.45. The first kappa shape index (κ1) is 14.5. The molecule has 0 saturated heterocycles. The molecule has 2 aromatic carbocycles. The molecule has 2 nitrogen and oxygen atoms in total. The van der Waals surface area contributed by atoms with Crippen LogP contribution in [-0.4, -0.2) is 11.4 Å². The van der Waals surface area contributed by atoms with Gasteiger partial charge in [-0.15, -0.1) is 11.8 Å². The van der Waals surface area contributed by atoms with E-state index in [0.29, 0.717) is 5.25 Å². The molecule has 1 aliphatic rings. The number of benzene rings is 2. The van der Waals surface area contributed by atoms with E-state index in [4.69, 9.17) is 10.5 Å². The fourth-order valence-electron chi connectivity index (χ4n) is 2.66. The van der Waals surface area contributed by atoms with Gasteiger partial charge in [0.05, 0.1) is 6.10 Å². The van der Waals surface area contributed by atoms with E-state index < -0.39 is 0 Å². The molecule has 2 aromatic rings. The second-order valence-corrected chi connectivity index (χ2v) is 7.01. The summed E-state index contributed by atoms with van der Waals surface area (Å²) in [5.41, 5.74) is 9.07. The topological polar surface area (TPSA) is 35.2 Å². The molecule has 0 spiro atoms. The van der Waals surface area contributed by atoms with E-state index in [1.807, 2.05) is 37.7 Å². The van der Waals surface area contributed by atoms with Crippen molar-refractivity contribution in [3.05, 3.63) is 59.7 Å². The van der Waals surface area contributed by atoms with Crippen LogP contribution < -0.4 is 10.5 Å². The number of fused-ring (bicyclic) bond motifs is 1. The van der Waals surface area contributed by atoms with E-state index in [1.165, 1.54) is 16.0 Å². The first-order valence-corrected chi connectivity index (χ1v) is 8.28. The Morgan fingerprint density at radius 1 is 1.10 bits per heavy atom. The Morgan fingerprint density at radius 3 is 2.48 bits per heavy atom. The maximum atomic E-state index is 6.47. The number of rotatable bonds is 4. The van der Waals surface area contributed by atoms with Crippen molar-refractivity contribution in [3.63, 3.8) is 0 Å². The lowest BCUT2D eigenvalue weighted by molar-refractivity contribution is 0.242. The third-order valence-corrected chi connectivity index (χ3v) is 5.12. The lowest BCUT2D eigenvalue weighted by Gasteiger charge is -2.19. The van der Waals surface area contributed by atoms with Crippen molar-refractivity contribution in [2.75, 3.05) is 0 Å². The molecule has 2 atom stereocenters. The van der Waals surface area contributed by atoms with Crippen molar-refractivity contribution < 1.29 is 4.74 Å². The minimum atomic E-state index is 0.0514. The van der Waals surface area contributed by atoms with Crippen molar-refractivity contribution in [2.24, 2.45) is 5.73 Å². The molecule has 1 heterocycles.